The first-order valence-electron chi connectivity index (χ1n) is 9.54. The molecule has 3 rings (SSSR count). The second-order valence-electron chi connectivity index (χ2n) is 7.17. The Morgan fingerprint density at radius 2 is 1.48 bits per heavy atom. The summed E-state index contributed by atoms with van der Waals surface area (Å²) in [6, 6.07) is 18.8. The summed E-state index contributed by atoms with van der Waals surface area (Å²) in [6.07, 6.45) is 0. The van der Waals surface area contributed by atoms with Crippen LogP contribution in [0, 0.1) is 13.8 Å². The molecule has 1 amide bonds. The fraction of sp³-hybridized carbons (Fsp3) is 0.174. The number of benzene rings is 3. The number of aryl methyl sites for hydroxylation is 2. The van der Waals surface area contributed by atoms with Gasteiger partial charge < -0.3 is 5.32 Å². The smallest absolute Gasteiger partial charge is 0.261 e. The number of amides is 1. The predicted molar refractivity (Wildman–Crippen MR) is 129 cm³/mol. The zero-order valence-corrected chi connectivity index (χ0v) is 19.6. The number of halogens is 1. The first-order chi connectivity index (χ1) is 14.7. The van der Waals surface area contributed by atoms with Crippen molar-refractivity contribution in [3.05, 3.63) is 88.4 Å². The molecule has 0 unspecified atom stereocenters. The van der Waals surface area contributed by atoms with Gasteiger partial charge in [0.15, 0.2) is 0 Å². The maximum absolute atomic E-state index is 12.5. The summed E-state index contributed by atoms with van der Waals surface area (Å²) in [4.78, 5) is 12.3. The molecule has 0 heterocycles. The number of sulfonamides is 1. The molecule has 0 radical (unpaired) electrons. The SMILES string of the molecule is Cc1cc(C)cc(CSCC(=O)Nc2ccc(S(=O)(=O)Nc3ccc(Cl)cc3)cc2)c1. The van der Waals surface area contributed by atoms with Gasteiger partial charge in [0, 0.05) is 22.2 Å². The van der Waals surface area contributed by atoms with E-state index in [0.29, 0.717) is 22.2 Å². The number of thioether (sulfide) groups is 1. The van der Waals surface area contributed by atoms with Gasteiger partial charge in [-0.2, -0.15) is 0 Å². The fourth-order valence-electron chi connectivity index (χ4n) is 3.06. The van der Waals surface area contributed by atoms with Gasteiger partial charge in [-0.05, 0) is 67.9 Å². The van der Waals surface area contributed by atoms with Crippen molar-refractivity contribution in [1.82, 2.24) is 0 Å². The van der Waals surface area contributed by atoms with Crippen LogP contribution in [0.15, 0.2) is 71.6 Å². The fourth-order valence-corrected chi connectivity index (χ4v) is 5.01. The topological polar surface area (TPSA) is 75.3 Å². The van der Waals surface area contributed by atoms with Crippen LogP contribution in [0.4, 0.5) is 11.4 Å². The Morgan fingerprint density at radius 3 is 2.10 bits per heavy atom. The Kier molecular flexibility index (Phi) is 7.64. The number of carbonyl (C=O) groups is 1. The second-order valence-corrected chi connectivity index (χ2v) is 10.3. The molecule has 2 N–H and O–H groups in total. The van der Waals surface area contributed by atoms with E-state index in [1.54, 1.807) is 36.4 Å². The van der Waals surface area contributed by atoms with E-state index in [1.807, 2.05) is 0 Å². The van der Waals surface area contributed by atoms with E-state index in [1.165, 1.54) is 40.6 Å². The number of nitrogens with one attached hydrogen (secondary N) is 2. The summed E-state index contributed by atoms with van der Waals surface area (Å²) >= 11 is 7.35. The normalized spacial score (nSPS) is 11.2. The summed E-state index contributed by atoms with van der Waals surface area (Å²) in [7, 11) is -3.73. The van der Waals surface area contributed by atoms with Crippen LogP contribution in [0.3, 0.4) is 0 Å². The molecule has 5 nitrogen and oxygen atoms in total. The zero-order chi connectivity index (χ0) is 22.4. The minimum atomic E-state index is -3.73. The van der Waals surface area contributed by atoms with Crippen LogP contribution in [-0.2, 0) is 20.6 Å². The van der Waals surface area contributed by atoms with Gasteiger partial charge >= 0.3 is 0 Å². The van der Waals surface area contributed by atoms with Gasteiger partial charge in [0.1, 0.15) is 0 Å². The van der Waals surface area contributed by atoms with Gasteiger partial charge in [0.2, 0.25) is 5.91 Å². The van der Waals surface area contributed by atoms with Crippen molar-refractivity contribution in [3.8, 4) is 0 Å². The van der Waals surface area contributed by atoms with Crippen molar-refractivity contribution in [1.29, 1.82) is 0 Å². The third-order valence-electron chi connectivity index (χ3n) is 4.33. The van der Waals surface area contributed by atoms with Gasteiger partial charge in [0.05, 0.1) is 10.6 Å². The average Bonchev–Trinajstić information content (AvgIpc) is 2.69. The summed E-state index contributed by atoms with van der Waals surface area (Å²) in [5, 5.41) is 3.32. The number of hydrogen-bond donors (Lipinski definition) is 2. The van der Waals surface area contributed by atoms with E-state index < -0.39 is 10.0 Å². The third kappa shape index (κ3) is 7.02. The lowest BCUT2D eigenvalue weighted by atomic mass is 10.1. The summed E-state index contributed by atoms with van der Waals surface area (Å²) in [5.41, 5.74) is 4.57. The maximum atomic E-state index is 12.5. The molecular formula is C23H23ClN2O3S2. The zero-order valence-electron chi connectivity index (χ0n) is 17.2. The first kappa shape index (κ1) is 23.2. The van der Waals surface area contributed by atoms with Crippen molar-refractivity contribution in [2.24, 2.45) is 0 Å². The summed E-state index contributed by atoms with van der Waals surface area (Å²) in [5.74, 6) is 0.929. The highest BCUT2D eigenvalue weighted by atomic mass is 35.5. The molecule has 31 heavy (non-hydrogen) atoms. The lowest BCUT2D eigenvalue weighted by Gasteiger charge is -2.10. The molecule has 0 saturated carbocycles. The minimum absolute atomic E-state index is 0.102. The molecule has 0 aromatic heterocycles. The van der Waals surface area contributed by atoms with Gasteiger partial charge in [0.25, 0.3) is 10.0 Å². The molecule has 0 atom stereocenters. The molecular weight excluding hydrogens is 452 g/mol. The van der Waals surface area contributed by atoms with Crippen molar-refractivity contribution >= 4 is 50.7 Å². The number of anilines is 2. The third-order valence-corrected chi connectivity index (χ3v) is 6.98. The van der Waals surface area contributed by atoms with Crippen LogP contribution in [0.1, 0.15) is 16.7 Å². The van der Waals surface area contributed by atoms with E-state index in [-0.39, 0.29) is 10.8 Å². The van der Waals surface area contributed by atoms with Crippen LogP contribution < -0.4 is 10.0 Å². The molecule has 0 spiro atoms. The Morgan fingerprint density at radius 1 is 0.903 bits per heavy atom. The number of hydrogen-bond acceptors (Lipinski definition) is 4. The van der Waals surface area contributed by atoms with E-state index >= 15 is 0 Å². The highest BCUT2D eigenvalue weighted by Crippen LogP contribution is 2.20. The molecule has 0 saturated heterocycles. The molecule has 8 heteroatoms. The molecule has 3 aromatic rings. The standard InChI is InChI=1S/C23H23ClN2O3S2/c1-16-11-17(2)13-18(12-16)14-30-15-23(27)25-20-7-9-22(10-8-20)31(28,29)26-21-5-3-19(24)4-6-21/h3-13,26H,14-15H2,1-2H3,(H,25,27). The summed E-state index contributed by atoms with van der Waals surface area (Å²) < 4.78 is 27.5. The van der Waals surface area contributed by atoms with Crippen LogP contribution in [-0.4, -0.2) is 20.1 Å². The van der Waals surface area contributed by atoms with Crippen molar-refractivity contribution in [3.63, 3.8) is 0 Å². The van der Waals surface area contributed by atoms with Gasteiger partial charge in [-0.25, -0.2) is 8.42 Å². The molecule has 162 valence electrons. The largest absolute Gasteiger partial charge is 0.325 e. The molecule has 0 aliphatic heterocycles. The van der Waals surface area contributed by atoms with Crippen LogP contribution in [0.5, 0.6) is 0 Å². The Bertz CT molecular complexity index is 1140. The van der Waals surface area contributed by atoms with E-state index in [2.05, 4.69) is 42.1 Å². The minimum Gasteiger partial charge on any atom is -0.325 e. The Balaban J connectivity index is 1.53. The predicted octanol–water partition coefficient (Wildman–Crippen LogP) is 5.63. The average molecular weight is 475 g/mol. The lowest BCUT2D eigenvalue weighted by molar-refractivity contribution is -0.113. The van der Waals surface area contributed by atoms with Crippen LogP contribution >= 0.6 is 23.4 Å². The van der Waals surface area contributed by atoms with E-state index in [4.69, 9.17) is 11.6 Å². The molecule has 0 aliphatic rings. The molecule has 0 fully saturated rings. The molecule has 0 bridgehead atoms. The second kappa shape index (κ2) is 10.2. The molecule has 0 aliphatic carbocycles. The van der Waals surface area contributed by atoms with E-state index in [9.17, 15) is 13.2 Å². The number of carbonyl (C=O) groups excluding carboxylic acids is 1. The van der Waals surface area contributed by atoms with Crippen molar-refractivity contribution in [2.45, 2.75) is 24.5 Å². The first-order valence-corrected chi connectivity index (χ1v) is 12.6. The van der Waals surface area contributed by atoms with Crippen molar-refractivity contribution < 1.29 is 13.2 Å². The maximum Gasteiger partial charge on any atom is 0.261 e. The number of rotatable bonds is 8. The quantitative estimate of drug-likeness (QED) is 0.443. The molecule has 3 aromatic carbocycles. The Labute approximate surface area is 192 Å². The summed E-state index contributed by atoms with van der Waals surface area (Å²) in [6.45, 7) is 4.12. The highest BCUT2D eigenvalue weighted by molar-refractivity contribution is 7.99. The Hall–Kier alpha value is -2.48. The van der Waals surface area contributed by atoms with Gasteiger partial charge in [-0.15, -0.1) is 11.8 Å². The monoisotopic (exact) mass is 474 g/mol. The van der Waals surface area contributed by atoms with Gasteiger partial charge in [-0.3, -0.25) is 9.52 Å². The van der Waals surface area contributed by atoms with Crippen LogP contribution in [0.25, 0.3) is 0 Å². The van der Waals surface area contributed by atoms with Crippen molar-refractivity contribution in [2.75, 3.05) is 15.8 Å². The van der Waals surface area contributed by atoms with Gasteiger partial charge in [-0.1, -0.05) is 40.9 Å². The van der Waals surface area contributed by atoms with E-state index in [0.717, 1.165) is 5.75 Å². The lowest BCUT2D eigenvalue weighted by Crippen LogP contribution is -2.15. The van der Waals surface area contributed by atoms with Crippen LogP contribution in [0.2, 0.25) is 5.02 Å². The highest BCUT2D eigenvalue weighted by Gasteiger charge is 2.14.